The molecule has 22 heavy (non-hydrogen) atoms. The van der Waals surface area contributed by atoms with Crippen molar-refractivity contribution in [3.8, 4) is 11.4 Å². The van der Waals surface area contributed by atoms with Crippen LogP contribution in [0.4, 0.5) is 0 Å². The summed E-state index contributed by atoms with van der Waals surface area (Å²) in [6.07, 6.45) is 1.72. The van der Waals surface area contributed by atoms with Crippen LogP contribution in [-0.4, -0.2) is 21.9 Å². The third kappa shape index (κ3) is 2.99. The fourth-order valence-corrected chi connectivity index (χ4v) is 3.21. The predicted octanol–water partition coefficient (Wildman–Crippen LogP) is 4.13. The van der Waals surface area contributed by atoms with Crippen LogP contribution in [0.5, 0.6) is 5.75 Å². The first-order chi connectivity index (χ1) is 10.8. The molecule has 0 N–H and O–H groups in total. The molecular weight excluding hydrogens is 294 g/mol. The Bertz CT molecular complexity index is 742. The van der Waals surface area contributed by atoms with Gasteiger partial charge in [-0.05, 0) is 24.6 Å². The van der Waals surface area contributed by atoms with Crippen LogP contribution < -0.4 is 4.74 Å². The van der Waals surface area contributed by atoms with Crippen molar-refractivity contribution in [2.45, 2.75) is 17.3 Å². The SMILES string of the molecule is COc1ccccc1-n1cnnc1SC(C)c1ccccc1. The van der Waals surface area contributed by atoms with Crippen molar-refractivity contribution in [2.24, 2.45) is 0 Å². The van der Waals surface area contributed by atoms with Gasteiger partial charge in [0.15, 0.2) is 5.16 Å². The molecule has 0 aliphatic carbocycles. The van der Waals surface area contributed by atoms with Crippen LogP contribution in [0.1, 0.15) is 17.7 Å². The third-order valence-electron chi connectivity index (χ3n) is 3.41. The highest BCUT2D eigenvalue weighted by Gasteiger charge is 2.15. The maximum absolute atomic E-state index is 5.43. The van der Waals surface area contributed by atoms with Crippen molar-refractivity contribution in [1.82, 2.24) is 14.8 Å². The smallest absolute Gasteiger partial charge is 0.196 e. The maximum atomic E-state index is 5.43. The Morgan fingerprint density at radius 1 is 1.05 bits per heavy atom. The van der Waals surface area contributed by atoms with E-state index in [-0.39, 0.29) is 0 Å². The Labute approximate surface area is 134 Å². The summed E-state index contributed by atoms with van der Waals surface area (Å²) in [5.41, 5.74) is 2.21. The number of hydrogen-bond acceptors (Lipinski definition) is 4. The molecule has 5 heteroatoms. The first-order valence-corrected chi connectivity index (χ1v) is 7.92. The van der Waals surface area contributed by atoms with Crippen LogP contribution in [0, 0.1) is 0 Å². The number of ether oxygens (including phenoxy) is 1. The Balaban J connectivity index is 1.90. The number of aromatic nitrogens is 3. The van der Waals surface area contributed by atoms with Crippen LogP contribution in [-0.2, 0) is 0 Å². The van der Waals surface area contributed by atoms with Crippen molar-refractivity contribution in [3.63, 3.8) is 0 Å². The summed E-state index contributed by atoms with van der Waals surface area (Å²) in [6, 6.07) is 18.2. The van der Waals surface area contributed by atoms with E-state index in [1.54, 1.807) is 25.2 Å². The van der Waals surface area contributed by atoms with E-state index in [1.165, 1.54) is 5.56 Å². The molecule has 112 valence electrons. The van der Waals surface area contributed by atoms with Gasteiger partial charge in [0.1, 0.15) is 12.1 Å². The van der Waals surface area contributed by atoms with E-state index in [9.17, 15) is 0 Å². The largest absolute Gasteiger partial charge is 0.495 e. The lowest BCUT2D eigenvalue weighted by atomic mass is 10.2. The molecule has 0 spiro atoms. The van der Waals surface area contributed by atoms with Crippen LogP contribution in [0.3, 0.4) is 0 Å². The first-order valence-electron chi connectivity index (χ1n) is 7.04. The summed E-state index contributed by atoms with van der Waals surface area (Å²) in [4.78, 5) is 0. The summed E-state index contributed by atoms with van der Waals surface area (Å²) >= 11 is 1.68. The number of benzene rings is 2. The molecule has 0 aliphatic rings. The Kier molecular flexibility index (Phi) is 4.44. The van der Waals surface area contributed by atoms with Gasteiger partial charge < -0.3 is 4.74 Å². The summed E-state index contributed by atoms with van der Waals surface area (Å²) in [7, 11) is 1.67. The number of hydrogen-bond donors (Lipinski definition) is 0. The molecule has 0 saturated heterocycles. The van der Waals surface area contributed by atoms with Crippen LogP contribution in [0.2, 0.25) is 0 Å². The quantitative estimate of drug-likeness (QED) is 0.664. The standard InChI is InChI=1S/C17H17N3OS/c1-13(14-8-4-3-5-9-14)22-17-19-18-12-20(17)15-10-6-7-11-16(15)21-2/h3-13H,1-2H3. The second kappa shape index (κ2) is 6.66. The molecule has 2 aromatic carbocycles. The molecule has 0 amide bonds. The fourth-order valence-electron chi connectivity index (χ4n) is 2.25. The number of para-hydroxylation sites is 2. The van der Waals surface area contributed by atoms with Gasteiger partial charge in [0.05, 0.1) is 12.8 Å². The third-order valence-corrected chi connectivity index (χ3v) is 4.53. The first kappa shape index (κ1) is 14.7. The van der Waals surface area contributed by atoms with Crippen molar-refractivity contribution in [2.75, 3.05) is 7.11 Å². The zero-order valence-corrected chi connectivity index (χ0v) is 13.3. The van der Waals surface area contributed by atoms with E-state index in [2.05, 4.69) is 41.4 Å². The molecular formula is C17H17N3OS. The lowest BCUT2D eigenvalue weighted by Gasteiger charge is -2.13. The van der Waals surface area contributed by atoms with Crippen molar-refractivity contribution in [1.29, 1.82) is 0 Å². The summed E-state index contributed by atoms with van der Waals surface area (Å²) in [6.45, 7) is 2.17. The highest BCUT2D eigenvalue weighted by molar-refractivity contribution is 7.99. The van der Waals surface area contributed by atoms with Gasteiger partial charge in [0.25, 0.3) is 0 Å². The van der Waals surface area contributed by atoms with Gasteiger partial charge in [-0.25, -0.2) is 0 Å². The lowest BCUT2D eigenvalue weighted by molar-refractivity contribution is 0.412. The fraction of sp³-hybridized carbons (Fsp3) is 0.176. The van der Waals surface area contributed by atoms with Crippen molar-refractivity contribution >= 4 is 11.8 Å². The molecule has 0 fully saturated rings. The Morgan fingerprint density at radius 3 is 2.55 bits per heavy atom. The van der Waals surface area contributed by atoms with Crippen molar-refractivity contribution < 1.29 is 4.74 Å². The van der Waals surface area contributed by atoms with E-state index < -0.39 is 0 Å². The zero-order valence-electron chi connectivity index (χ0n) is 12.5. The highest BCUT2D eigenvalue weighted by Crippen LogP contribution is 2.35. The minimum atomic E-state index is 0.291. The minimum absolute atomic E-state index is 0.291. The second-order valence-electron chi connectivity index (χ2n) is 4.83. The summed E-state index contributed by atoms with van der Waals surface area (Å²) < 4.78 is 7.39. The number of methoxy groups -OCH3 is 1. The van der Waals surface area contributed by atoms with E-state index in [0.717, 1.165) is 16.6 Å². The van der Waals surface area contributed by atoms with Crippen LogP contribution in [0.15, 0.2) is 66.1 Å². The molecule has 0 radical (unpaired) electrons. The van der Waals surface area contributed by atoms with Gasteiger partial charge >= 0.3 is 0 Å². The maximum Gasteiger partial charge on any atom is 0.196 e. The van der Waals surface area contributed by atoms with Gasteiger partial charge in [-0.1, -0.05) is 54.2 Å². The molecule has 0 aliphatic heterocycles. The Morgan fingerprint density at radius 2 is 1.77 bits per heavy atom. The van der Waals surface area contributed by atoms with Crippen LogP contribution >= 0.6 is 11.8 Å². The average molecular weight is 311 g/mol. The zero-order chi connectivity index (χ0) is 15.4. The lowest BCUT2D eigenvalue weighted by Crippen LogP contribution is -1.99. The second-order valence-corrected chi connectivity index (χ2v) is 6.13. The summed E-state index contributed by atoms with van der Waals surface area (Å²) in [5, 5.41) is 9.45. The van der Waals surface area contributed by atoms with Gasteiger partial charge in [0, 0.05) is 5.25 Å². The molecule has 1 atom stereocenters. The molecule has 0 bridgehead atoms. The molecule has 3 aromatic rings. The van der Waals surface area contributed by atoms with Crippen molar-refractivity contribution in [3.05, 3.63) is 66.5 Å². The molecule has 1 aromatic heterocycles. The van der Waals surface area contributed by atoms with Gasteiger partial charge in [-0.3, -0.25) is 4.57 Å². The van der Waals surface area contributed by atoms with Gasteiger partial charge in [0.2, 0.25) is 0 Å². The van der Waals surface area contributed by atoms with Gasteiger partial charge in [-0.15, -0.1) is 10.2 Å². The van der Waals surface area contributed by atoms with E-state index in [0.29, 0.717) is 5.25 Å². The number of thioether (sulfide) groups is 1. The van der Waals surface area contributed by atoms with E-state index in [1.807, 2.05) is 34.9 Å². The van der Waals surface area contributed by atoms with E-state index in [4.69, 9.17) is 4.74 Å². The summed E-state index contributed by atoms with van der Waals surface area (Å²) in [5.74, 6) is 0.802. The number of rotatable bonds is 5. The van der Waals surface area contributed by atoms with Crippen LogP contribution in [0.25, 0.3) is 5.69 Å². The predicted molar refractivity (Wildman–Crippen MR) is 88.6 cm³/mol. The monoisotopic (exact) mass is 311 g/mol. The molecule has 4 nitrogen and oxygen atoms in total. The highest BCUT2D eigenvalue weighted by atomic mass is 32.2. The normalized spacial score (nSPS) is 12.1. The topological polar surface area (TPSA) is 39.9 Å². The molecule has 0 saturated carbocycles. The minimum Gasteiger partial charge on any atom is -0.495 e. The number of nitrogens with zero attached hydrogens (tertiary/aromatic N) is 3. The molecule has 3 rings (SSSR count). The average Bonchev–Trinajstić information content (AvgIpc) is 3.03. The Hall–Kier alpha value is -2.27. The van der Waals surface area contributed by atoms with Gasteiger partial charge in [-0.2, -0.15) is 0 Å². The molecule has 1 heterocycles. The molecule has 1 unspecified atom stereocenters. The van der Waals surface area contributed by atoms with E-state index >= 15 is 0 Å².